The molecule has 0 aliphatic heterocycles. The van der Waals surface area contributed by atoms with Crippen molar-refractivity contribution < 1.29 is 22.7 Å². The first-order valence-electron chi connectivity index (χ1n) is 10.1. The molecule has 0 radical (unpaired) electrons. The molecule has 1 amide bonds. The molecule has 0 saturated carbocycles. The van der Waals surface area contributed by atoms with E-state index in [1.54, 1.807) is 30.3 Å². The Kier molecular flexibility index (Phi) is 7.72. The summed E-state index contributed by atoms with van der Waals surface area (Å²) < 4.78 is 38.7. The number of rotatable bonds is 10. The highest BCUT2D eigenvalue weighted by molar-refractivity contribution is 7.92. The lowest BCUT2D eigenvalue weighted by Crippen LogP contribution is -2.41. The minimum absolute atomic E-state index is 0.0713. The first-order chi connectivity index (χ1) is 15.5. The summed E-state index contributed by atoms with van der Waals surface area (Å²) in [4.78, 5) is 12.8. The van der Waals surface area contributed by atoms with Gasteiger partial charge in [0.05, 0.1) is 24.8 Å². The Morgan fingerprint density at radius 3 is 2.19 bits per heavy atom. The second-order valence-corrected chi connectivity index (χ2v) is 8.81. The first-order valence-corrected chi connectivity index (χ1v) is 11.5. The van der Waals surface area contributed by atoms with E-state index in [-0.39, 0.29) is 10.6 Å². The molecule has 0 unspecified atom stereocenters. The standard InChI is InChI=1S/C24H26N2O5S/c1-30-20-13-14-23(31-2)22(17-20)26(32(28,29)21-11-7-4-8-12-21)18-24(27)25-16-15-19-9-5-3-6-10-19/h3-14,17H,15-16,18H2,1-2H3,(H,25,27). The summed E-state index contributed by atoms with van der Waals surface area (Å²) in [6.07, 6.45) is 0.639. The summed E-state index contributed by atoms with van der Waals surface area (Å²) >= 11 is 0. The number of carbonyl (C=O) groups excluding carboxylic acids is 1. The molecule has 3 rings (SSSR count). The predicted octanol–water partition coefficient (Wildman–Crippen LogP) is 3.26. The largest absolute Gasteiger partial charge is 0.497 e. The number of methoxy groups -OCH3 is 2. The van der Waals surface area contributed by atoms with E-state index in [0.717, 1.165) is 9.87 Å². The van der Waals surface area contributed by atoms with E-state index in [0.29, 0.717) is 24.5 Å². The van der Waals surface area contributed by atoms with Crippen LogP contribution < -0.4 is 19.1 Å². The van der Waals surface area contributed by atoms with Crippen molar-refractivity contribution in [3.05, 3.63) is 84.4 Å². The minimum Gasteiger partial charge on any atom is -0.497 e. The number of sulfonamides is 1. The van der Waals surface area contributed by atoms with Gasteiger partial charge in [-0.05, 0) is 36.2 Å². The van der Waals surface area contributed by atoms with Crippen LogP contribution in [0, 0.1) is 0 Å². The van der Waals surface area contributed by atoms with Crippen molar-refractivity contribution in [1.29, 1.82) is 0 Å². The summed E-state index contributed by atoms with van der Waals surface area (Å²) in [7, 11) is -1.12. The van der Waals surface area contributed by atoms with Crippen molar-refractivity contribution in [1.82, 2.24) is 5.32 Å². The Morgan fingerprint density at radius 1 is 0.906 bits per heavy atom. The maximum atomic E-state index is 13.5. The van der Waals surface area contributed by atoms with E-state index >= 15 is 0 Å². The highest BCUT2D eigenvalue weighted by Crippen LogP contribution is 2.35. The van der Waals surface area contributed by atoms with Crippen LogP contribution in [0.25, 0.3) is 0 Å². The summed E-state index contributed by atoms with van der Waals surface area (Å²) in [5.74, 6) is 0.325. The molecule has 0 atom stereocenters. The number of amides is 1. The number of ether oxygens (including phenoxy) is 2. The van der Waals surface area contributed by atoms with Gasteiger partial charge in [-0.25, -0.2) is 8.42 Å². The fourth-order valence-electron chi connectivity index (χ4n) is 3.19. The Morgan fingerprint density at radius 2 is 1.56 bits per heavy atom. The van der Waals surface area contributed by atoms with E-state index in [1.807, 2.05) is 30.3 Å². The van der Waals surface area contributed by atoms with Crippen molar-refractivity contribution in [3.63, 3.8) is 0 Å². The summed E-state index contributed by atoms with van der Waals surface area (Å²) in [6, 6.07) is 22.5. The molecule has 0 aromatic heterocycles. The van der Waals surface area contributed by atoms with Gasteiger partial charge >= 0.3 is 0 Å². The van der Waals surface area contributed by atoms with Crippen LogP contribution in [0.15, 0.2) is 83.8 Å². The third-order valence-corrected chi connectivity index (χ3v) is 6.63. The van der Waals surface area contributed by atoms with Crippen LogP contribution in [0.4, 0.5) is 5.69 Å². The van der Waals surface area contributed by atoms with Crippen LogP contribution in [-0.2, 0) is 21.2 Å². The monoisotopic (exact) mass is 454 g/mol. The minimum atomic E-state index is -4.05. The number of nitrogens with zero attached hydrogens (tertiary/aromatic N) is 1. The molecular weight excluding hydrogens is 428 g/mol. The van der Waals surface area contributed by atoms with E-state index in [9.17, 15) is 13.2 Å². The zero-order chi connectivity index (χ0) is 23.0. The van der Waals surface area contributed by atoms with Gasteiger partial charge in [0, 0.05) is 12.6 Å². The van der Waals surface area contributed by atoms with Gasteiger partial charge in [-0.1, -0.05) is 48.5 Å². The zero-order valence-corrected chi connectivity index (χ0v) is 18.8. The first kappa shape index (κ1) is 23.1. The van der Waals surface area contributed by atoms with Crippen molar-refractivity contribution in [3.8, 4) is 11.5 Å². The topological polar surface area (TPSA) is 84.9 Å². The Labute approximate surface area is 188 Å². The molecule has 0 heterocycles. The maximum absolute atomic E-state index is 13.5. The quantitative estimate of drug-likeness (QED) is 0.508. The smallest absolute Gasteiger partial charge is 0.264 e. The van der Waals surface area contributed by atoms with Crippen LogP contribution in [0.5, 0.6) is 11.5 Å². The fourth-order valence-corrected chi connectivity index (χ4v) is 4.63. The molecule has 7 nitrogen and oxygen atoms in total. The number of nitrogens with one attached hydrogen (secondary N) is 1. The summed E-state index contributed by atoms with van der Waals surface area (Å²) in [5, 5.41) is 2.80. The average Bonchev–Trinajstić information content (AvgIpc) is 2.83. The number of hydrogen-bond acceptors (Lipinski definition) is 5. The third-order valence-electron chi connectivity index (χ3n) is 4.85. The highest BCUT2D eigenvalue weighted by Gasteiger charge is 2.29. The lowest BCUT2D eigenvalue weighted by molar-refractivity contribution is -0.119. The van der Waals surface area contributed by atoms with Gasteiger partial charge in [0.1, 0.15) is 18.0 Å². The van der Waals surface area contributed by atoms with Crippen LogP contribution >= 0.6 is 0 Å². The highest BCUT2D eigenvalue weighted by atomic mass is 32.2. The number of hydrogen-bond donors (Lipinski definition) is 1. The van der Waals surface area contributed by atoms with E-state index in [4.69, 9.17) is 9.47 Å². The van der Waals surface area contributed by atoms with Crippen molar-refractivity contribution in [2.45, 2.75) is 11.3 Å². The summed E-state index contributed by atoms with van der Waals surface area (Å²) in [5.41, 5.74) is 1.30. The molecule has 1 N–H and O–H groups in total. The van der Waals surface area contributed by atoms with Gasteiger partial charge in [-0.2, -0.15) is 0 Å². The molecule has 3 aromatic rings. The third kappa shape index (κ3) is 5.59. The van der Waals surface area contributed by atoms with Crippen LogP contribution in [0.3, 0.4) is 0 Å². The lowest BCUT2D eigenvalue weighted by Gasteiger charge is -2.26. The SMILES string of the molecule is COc1ccc(OC)c(N(CC(=O)NCCc2ccccc2)S(=O)(=O)c2ccccc2)c1. The van der Waals surface area contributed by atoms with Gasteiger partial charge in [0.25, 0.3) is 10.0 Å². The van der Waals surface area contributed by atoms with Gasteiger partial charge in [0.2, 0.25) is 5.91 Å². The van der Waals surface area contributed by atoms with Crippen LogP contribution in [0.2, 0.25) is 0 Å². The van der Waals surface area contributed by atoms with Gasteiger partial charge in [0.15, 0.2) is 0 Å². The Bertz CT molecular complexity index is 1140. The van der Waals surface area contributed by atoms with Crippen LogP contribution in [-0.4, -0.2) is 41.6 Å². The molecular formula is C24H26N2O5S. The zero-order valence-electron chi connectivity index (χ0n) is 18.0. The molecule has 0 saturated heterocycles. The molecule has 8 heteroatoms. The van der Waals surface area contributed by atoms with Gasteiger partial charge in [-0.15, -0.1) is 0 Å². The van der Waals surface area contributed by atoms with E-state index in [1.165, 1.54) is 32.4 Å². The Hall–Kier alpha value is -3.52. The molecule has 32 heavy (non-hydrogen) atoms. The second kappa shape index (κ2) is 10.7. The molecule has 0 bridgehead atoms. The van der Waals surface area contributed by atoms with E-state index < -0.39 is 22.5 Å². The maximum Gasteiger partial charge on any atom is 0.264 e. The number of carbonyl (C=O) groups is 1. The summed E-state index contributed by atoms with van der Waals surface area (Å²) in [6.45, 7) is -0.0210. The number of benzene rings is 3. The fraction of sp³-hybridized carbons (Fsp3) is 0.208. The van der Waals surface area contributed by atoms with Crippen molar-refractivity contribution >= 4 is 21.6 Å². The second-order valence-electron chi connectivity index (χ2n) is 6.95. The molecule has 0 aliphatic rings. The molecule has 0 fully saturated rings. The van der Waals surface area contributed by atoms with Gasteiger partial charge < -0.3 is 14.8 Å². The predicted molar refractivity (Wildman–Crippen MR) is 124 cm³/mol. The molecule has 168 valence electrons. The molecule has 0 aliphatic carbocycles. The van der Waals surface area contributed by atoms with E-state index in [2.05, 4.69) is 5.32 Å². The van der Waals surface area contributed by atoms with Gasteiger partial charge in [-0.3, -0.25) is 9.10 Å². The average molecular weight is 455 g/mol. The molecule has 0 spiro atoms. The van der Waals surface area contributed by atoms with Crippen molar-refractivity contribution in [2.75, 3.05) is 31.6 Å². The Balaban J connectivity index is 1.88. The van der Waals surface area contributed by atoms with Crippen LogP contribution in [0.1, 0.15) is 5.56 Å². The molecule has 3 aromatic carbocycles. The lowest BCUT2D eigenvalue weighted by atomic mass is 10.1. The normalized spacial score (nSPS) is 10.9. The van der Waals surface area contributed by atoms with Crippen molar-refractivity contribution in [2.24, 2.45) is 0 Å². The number of anilines is 1.